The molecule has 2 N–H and O–H groups in total. The van der Waals surface area contributed by atoms with Crippen molar-refractivity contribution in [2.75, 3.05) is 16.2 Å². The van der Waals surface area contributed by atoms with Crippen LogP contribution in [-0.2, 0) is 16.4 Å². The number of anilines is 2. The second-order valence-electron chi connectivity index (χ2n) is 5.63. The minimum Gasteiger partial charge on any atom is -0.374 e. The Hall–Kier alpha value is -1.47. The number of hydrogen-bond acceptors (Lipinski definition) is 4. The first-order chi connectivity index (χ1) is 11.3. The number of aliphatic hydroxyl groups is 1. The number of sulfonamides is 1. The molecular formula is C16H16Cl2N2O3S. The molecule has 0 aromatic heterocycles. The summed E-state index contributed by atoms with van der Waals surface area (Å²) in [5.74, 6) is 0. The normalized spacial score (nSPS) is 15.2. The van der Waals surface area contributed by atoms with Crippen LogP contribution in [0, 0.1) is 0 Å². The molecule has 0 spiro atoms. The maximum absolute atomic E-state index is 12.5. The monoisotopic (exact) mass is 386 g/mol. The molecule has 0 saturated carbocycles. The van der Waals surface area contributed by atoms with Gasteiger partial charge >= 0.3 is 0 Å². The smallest absolute Gasteiger partial charge is 0.261 e. The van der Waals surface area contributed by atoms with Crippen LogP contribution in [-0.4, -0.2) is 26.3 Å². The highest BCUT2D eigenvalue weighted by Gasteiger charge is 2.23. The van der Waals surface area contributed by atoms with Crippen molar-refractivity contribution in [1.82, 2.24) is 0 Å². The van der Waals surface area contributed by atoms with E-state index in [4.69, 9.17) is 23.2 Å². The lowest BCUT2D eigenvalue weighted by atomic mass is 10.1. The summed E-state index contributed by atoms with van der Waals surface area (Å²) in [7, 11) is -3.79. The van der Waals surface area contributed by atoms with Crippen molar-refractivity contribution >= 4 is 44.6 Å². The van der Waals surface area contributed by atoms with E-state index in [0.717, 1.165) is 17.7 Å². The van der Waals surface area contributed by atoms with Gasteiger partial charge in [-0.15, -0.1) is 0 Å². The molecule has 8 heteroatoms. The lowest BCUT2D eigenvalue weighted by Gasteiger charge is -2.22. The summed E-state index contributed by atoms with van der Waals surface area (Å²) in [6.07, 6.45) is 0.168. The zero-order valence-corrected chi connectivity index (χ0v) is 15.2. The van der Waals surface area contributed by atoms with Crippen LogP contribution in [0.3, 0.4) is 0 Å². The Kier molecular flexibility index (Phi) is 4.66. The van der Waals surface area contributed by atoms with E-state index in [-0.39, 0.29) is 14.9 Å². The molecule has 0 fully saturated rings. The number of fused-ring (bicyclic) bond motifs is 1. The summed E-state index contributed by atoms with van der Waals surface area (Å²) in [6.45, 7) is 2.40. The zero-order valence-electron chi connectivity index (χ0n) is 12.8. The van der Waals surface area contributed by atoms with Crippen molar-refractivity contribution in [1.29, 1.82) is 0 Å². The number of halogens is 2. The van der Waals surface area contributed by atoms with Crippen LogP contribution >= 0.6 is 23.2 Å². The standard InChI is InChI=1S/C16H16Cl2N2O3S/c1-10(21)20-5-4-11-6-14(2-3-16(11)20)19-24(22,23)15-8-12(17)7-13(18)9-15/h2-3,6-10,19,21H,4-5H2,1H3. The zero-order chi connectivity index (χ0) is 17.5. The van der Waals surface area contributed by atoms with Gasteiger partial charge in [-0.05, 0) is 55.3 Å². The number of nitrogens with one attached hydrogen (secondary N) is 1. The minimum atomic E-state index is -3.79. The summed E-state index contributed by atoms with van der Waals surface area (Å²) in [5.41, 5.74) is 2.36. The predicted octanol–water partition coefficient (Wildman–Crippen LogP) is 3.50. The Morgan fingerprint density at radius 1 is 1.17 bits per heavy atom. The number of aliphatic hydroxyl groups excluding tert-OH is 1. The second-order valence-corrected chi connectivity index (χ2v) is 8.18. The molecule has 1 atom stereocenters. The summed E-state index contributed by atoms with van der Waals surface area (Å²) < 4.78 is 27.5. The molecule has 2 aromatic carbocycles. The van der Waals surface area contributed by atoms with Gasteiger partial charge in [0, 0.05) is 28.0 Å². The Bertz CT molecular complexity index is 865. The van der Waals surface area contributed by atoms with E-state index < -0.39 is 16.3 Å². The maximum atomic E-state index is 12.5. The molecule has 1 unspecified atom stereocenters. The van der Waals surface area contributed by atoms with Gasteiger partial charge in [-0.25, -0.2) is 8.42 Å². The van der Waals surface area contributed by atoms with E-state index in [1.807, 2.05) is 4.90 Å². The average molecular weight is 387 g/mol. The number of rotatable bonds is 4. The van der Waals surface area contributed by atoms with Crippen molar-refractivity contribution < 1.29 is 13.5 Å². The van der Waals surface area contributed by atoms with E-state index >= 15 is 0 Å². The summed E-state index contributed by atoms with van der Waals surface area (Å²) in [5, 5.41) is 10.3. The lowest BCUT2D eigenvalue weighted by molar-refractivity contribution is 0.191. The number of benzene rings is 2. The van der Waals surface area contributed by atoms with E-state index in [1.54, 1.807) is 25.1 Å². The van der Waals surface area contributed by atoms with Crippen molar-refractivity contribution in [2.24, 2.45) is 0 Å². The van der Waals surface area contributed by atoms with Gasteiger partial charge in [0.1, 0.15) is 6.23 Å². The molecule has 0 bridgehead atoms. The summed E-state index contributed by atoms with van der Waals surface area (Å²) >= 11 is 11.8. The first-order valence-electron chi connectivity index (χ1n) is 7.33. The van der Waals surface area contributed by atoms with Gasteiger partial charge in [0.05, 0.1) is 4.90 Å². The molecular weight excluding hydrogens is 371 g/mol. The van der Waals surface area contributed by atoms with Gasteiger partial charge in [-0.1, -0.05) is 23.2 Å². The third-order valence-electron chi connectivity index (χ3n) is 3.86. The first-order valence-corrected chi connectivity index (χ1v) is 9.57. The van der Waals surface area contributed by atoms with Crippen LogP contribution in [0.1, 0.15) is 12.5 Å². The molecule has 128 valence electrons. The molecule has 1 aliphatic rings. The van der Waals surface area contributed by atoms with Crippen LogP contribution in [0.15, 0.2) is 41.3 Å². The highest BCUT2D eigenvalue weighted by atomic mass is 35.5. The molecule has 3 rings (SSSR count). The molecule has 0 aliphatic carbocycles. The van der Waals surface area contributed by atoms with Gasteiger partial charge in [0.25, 0.3) is 10.0 Å². The molecule has 1 heterocycles. The quantitative estimate of drug-likeness (QED) is 0.843. The van der Waals surface area contributed by atoms with Gasteiger partial charge in [0.2, 0.25) is 0 Å². The topological polar surface area (TPSA) is 69.6 Å². The Labute approximate surface area is 150 Å². The van der Waals surface area contributed by atoms with Gasteiger partial charge in [0.15, 0.2) is 0 Å². The number of nitrogens with zero attached hydrogens (tertiary/aromatic N) is 1. The third-order valence-corrected chi connectivity index (χ3v) is 5.66. The molecule has 5 nitrogen and oxygen atoms in total. The maximum Gasteiger partial charge on any atom is 0.261 e. The summed E-state index contributed by atoms with van der Waals surface area (Å²) in [6, 6.07) is 9.42. The molecule has 0 amide bonds. The Morgan fingerprint density at radius 2 is 1.83 bits per heavy atom. The number of hydrogen-bond donors (Lipinski definition) is 2. The molecule has 0 saturated heterocycles. The SMILES string of the molecule is CC(O)N1CCc2cc(NS(=O)(=O)c3cc(Cl)cc(Cl)c3)ccc21. The van der Waals surface area contributed by atoms with Crippen molar-refractivity contribution in [3.8, 4) is 0 Å². The van der Waals surface area contributed by atoms with Crippen LogP contribution in [0.5, 0.6) is 0 Å². The first kappa shape index (κ1) is 17.4. The molecule has 24 heavy (non-hydrogen) atoms. The third kappa shape index (κ3) is 3.47. The van der Waals surface area contributed by atoms with Crippen LogP contribution < -0.4 is 9.62 Å². The average Bonchev–Trinajstić information content (AvgIpc) is 2.89. The van der Waals surface area contributed by atoms with Crippen LogP contribution in [0.2, 0.25) is 10.0 Å². The summed E-state index contributed by atoms with van der Waals surface area (Å²) in [4.78, 5) is 1.87. The Morgan fingerprint density at radius 3 is 2.46 bits per heavy atom. The van der Waals surface area contributed by atoms with Crippen LogP contribution in [0.4, 0.5) is 11.4 Å². The molecule has 2 aromatic rings. The predicted molar refractivity (Wildman–Crippen MR) is 96.4 cm³/mol. The fraction of sp³-hybridized carbons (Fsp3) is 0.250. The largest absolute Gasteiger partial charge is 0.374 e. The van der Waals surface area contributed by atoms with Gasteiger partial charge in [-0.2, -0.15) is 0 Å². The molecule has 1 aliphatic heterocycles. The second kappa shape index (κ2) is 6.44. The van der Waals surface area contributed by atoms with Crippen LogP contribution in [0.25, 0.3) is 0 Å². The molecule has 0 radical (unpaired) electrons. The van der Waals surface area contributed by atoms with E-state index in [9.17, 15) is 13.5 Å². The highest BCUT2D eigenvalue weighted by Crippen LogP contribution is 2.32. The van der Waals surface area contributed by atoms with Crippen molar-refractivity contribution in [3.63, 3.8) is 0 Å². The fourth-order valence-corrected chi connectivity index (χ4v) is 4.55. The Balaban J connectivity index is 1.89. The highest BCUT2D eigenvalue weighted by molar-refractivity contribution is 7.92. The minimum absolute atomic E-state index is 0.00565. The lowest BCUT2D eigenvalue weighted by Crippen LogP contribution is -2.30. The van der Waals surface area contributed by atoms with Gasteiger partial charge < -0.3 is 10.0 Å². The van der Waals surface area contributed by atoms with Crippen molar-refractivity contribution in [2.45, 2.75) is 24.5 Å². The fourth-order valence-electron chi connectivity index (χ4n) is 2.78. The van der Waals surface area contributed by atoms with E-state index in [0.29, 0.717) is 12.2 Å². The van der Waals surface area contributed by atoms with Gasteiger partial charge in [-0.3, -0.25) is 4.72 Å². The van der Waals surface area contributed by atoms with Crippen molar-refractivity contribution in [3.05, 3.63) is 52.0 Å². The van der Waals surface area contributed by atoms with E-state index in [2.05, 4.69) is 4.72 Å². The van der Waals surface area contributed by atoms with E-state index in [1.165, 1.54) is 18.2 Å².